The molecule has 1 saturated heterocycles. The average Bonchev–Trinajstić information content (AvgIpc) is 3.52. The minimum Gasteiger partial charge on any atom is -0.760 e. The van der Waals surface area contributed by atoms with Crippen LogP contribution in [0.5, 0.6) is 0 Å². The van der Waals surface area contributed by atoms with Crippen LogP contribution in [0.25, 0.3) is 10.6 Å². The van der Waals surface area contributed by atoms with Crippen LogP contribution in [-0.4, -0.2) is 54.4 Å². The van der Waals surface area contributed by atoms with Gasteiger partial charge in [-0.3, -0.25) is 4.21 Å². The van der Waals surface area contributed by atoms with E-state index in [9.17, 15) is 8.76 Å². The summed E-state index contributed by atoms with van der Waals surface area (Å²) < 4.78 is 24.4. The second kappa shape index (κ2) is 12.0. The molecule has 1 aliphatic rings. The van der Waals surface area contributed by atoms with Gasteiger partial charge in [0, 0.05) is 47.9 Å². The van der Waals surface area contributed by atoms with E-state index in [1.807, 2.05) is 46.7 Å². The van der Waals surface area contributed by atoms with Crippen LogP contribution >= 0.6 is 11.3 Å². The van der Waals surface area contributed by atoms with Crippen molar-refractivity contribution in [2.75, 3.05) is 35.2 Å². The molecule has 12 heteroatoms. The Morgan fingerprint density at radius 2 is 1.97 bits per heavy atom. The summed E-state index contributed by atoms with van der Waals surface area (Å²) in [4.78, 5) is 20.5. The maximum atomic E-state index is 11.0. The molecule has 10 nitrogen and oxygen atoms in total. The van der Waals surface area contributed by atoms with Gasteiger partial charge in [0.1, 0.15) is 5.01 Å². The second-order valence-electron chi connectivity index (χ2n) is 7.72. The Hall–Kier alpha value is -2.93. The number of aromatic nitrogens is 4. The summed E-state index contributed by atoms with van der Waals surface area (Å²) in [5.74, 6) is 1.41. The molecule has 0 amide bonds. The SMILES string of the molecule is C=CCCNc1nc(NCc2csc(-c3ccccc3)n2)nc(N2CCC[C@@H]2CNS(=O)[O-])n1. The third-order valence-electron chi connectivity index (χ3n) is 5.33. The summed E-state index contributed by atoms with van der Waals surface area (Å²) >= 11 is -0.709. The molecule has 3 N–H and O–H groups in total. The van der Waals surface area contributed by atoms with Crippen LogP contribution in [0.4, 0.5) is 17.8 Å². The van der Waals surface area contributed by atoms with Crippen molar-refractivity contribution >= 4 is 40.4 Å². The smallest absolute Gasteiger partial charge is 0.232 e. The molecule has 1 fully saturated rings. The van der Waals surface area contributed by atoms with Crippen molar-refractivity contribution in [2.24, 2.45) is 0 Å². The van der Waals surface area contributed by atoms with Crippen molar-refractivity contribution < 1.29 is 8.76 Å². The van der Waals surface area contributed by atoms with E-state index in [1.54, 1.807) is 11.3 Å². The molecule has 3 heterocycles. The summed E-state index contributed by atoms with van der Waals surface area (Å²) in [6, 6.07) is 10.1. The van der Waals surface area contributed by atoms with Gasteiger partial charge in [0.25, 0.3) is 0 Å². The van der Waals surface area contributed by atoms with Crippen LogP contribution in [0.2, 0.25) is 0 Å². The molecule has 1 aliphatic heterocycles. The molecule has 0 saturated carbocycles. The molecule has 0 aliphatic carbocycles. The number of rotatable bonds is 12. The van der Waals surface area contributed by atoms with E-state index in [1.165, 1.54) is 0 Å². The lowest BCUT2D eigenvalue weighted by atomic mass is 10.2. The number of hydrogen-bond acceptors (Lipinski definition) is 10. The van der Waals surface area contributed by atoms with Crippen molar-refractivity contribution in [1.29, 1.82) is 0 Å². The molecule has 1 aromatic carbocycles. The molecule has 2 aromatic heterocycles. The standard InChI is InChI=1S/C22H28N8O2S2/c1-2-3-11-23-20-27-21(24-13-17-15-33-19(26-17)16-8-5-4-6-9-16)29-22(28-20)30-12-7-10-18(30)14-25-34(31)32/h2,4-6,8-9,15,18,25H,1,3,7,10-14H2,(H,31,32)(H2,23,24,27,28,29)/p-1/t18-/m1/s1. The van der Waals surface area contributed by atoms with Crippen molar-refractivity contribution in [1.82, 2.24) is 24.7 Å². The van der Waals surface area contributed by atoms with E-state index in [0.29, 0.717) is 37.5 Å². The number of hydrogen-bond donors (Lipinski definition) is 3. The first-order valence-corrected chi connectivity index (χ1v) is 13.0. The lowest BCUT2D eigenvalue weighted by Crippen LogP contribution is -2.39. The predicted octanol–water partition coefficient (Wildman–Crippen LogP) is 2.95. The molecule has 4 rings (SSSR count). The Morgan fingerprint density at radius 1 is 1.18 bits per heavy atom. The summed E-state index contributed by atoms with van der Waals surface area (Å²) in [6.07, 6.45) is 4.40. The topological polar surface area (TPSA) is 131 Å². The van der Waals surface area contributed by atoms with Gasteiger partial charge in [-0.2, -0.15) is 15.0 Å². The van der Waals surface area contributed by atoms with Crippen LogP contribution < -0.4 is 20.3 Å². The number of anilines is 3. The van der Waals surface area contributed by atoms with Gasteiger partial charge in [-0.15, -0.1) is 17.9 Å². The minimum atomic E-state index is -2.30. The maximum absolute atomic E-state index is 11.0. The van der Waals surface area contributed by atoms with E-state index < -0.39 is 11.3 Å². The molecular formula is C22H27N8O2S2-. The first kappa shape index (κ1) is 24.2. The Morgan fingerprint density at radius 3 is 2.74 bits per heavy atom. The van der Waals surface area contributed by atoms with E-state index >= 15 is 0 Å². The van der Waals surface area contributed by atoms with Gasteiger partial charge in [0.05, 0.1) is 12.2 Å². The highest BCUT2D eigenvalue weighted by Crippen LogP contribution is 2.25. The zero-order valence-electron chi connectivity index (χ0n) is 18.6. The third-order valence-corrected chi connectivity index (χ3v) is 6.67. The van der Waals surface area contributed by atoms with Gasteiger partial charge in [-0.1, -0.05) is 36.4 Å². The van der Waals surface area contributed by atoms with Crippen LogP contribution in [0, 0.1) is 0 Å². The number of nitrogens with zero attached hydrogens (tertiary/aromatic N) is 5. The Bertz CT molecular complexity index is 1110. The van der Waals surface area contributed by atoms with Crippen LogP contribution in [-0.2, 0) is 17.8 Å². The lowest BCUT2D eigenvalue weighted by molar-refractivity contribution is 0.514. The second-order valence-corrected chi connectivity index (χ2v) is 9.34. The molecule has 3 aromatic rings. The van der Waals surface area contributed by atoms with Gasteiger partial charge in [-0.25, -0.2) is 9.71 Å². The molecule has 2 atom stereocenters. The van der Waals surface area contributed by atoms with Gasteiger partial charge in [0.15, 0.2) is 0 Å². The zero-order valence-corrected chi connectivity index (χ0v) is 20.3. The molecule has 0 radical (unpaired) electrons. The van der Waals surface area contributed by atoms with Gasteiger partial charge in [-0.05, 0) is 19.3 Å². The highest BCUT2D eigenvalue weighted by atomic mass is 32.2. The van der Waals surface area contributed by atoms with E-state index in [-0.39, 0.29) is 6.04 Å². The quantitative estimate of drug-likeness (QED) is 0.195. The Balaban J connectivity index is 1.49. The highest BCUT2D eigenvalue weighted by molar-refractivity contribution is 7.77. The average molecular weight is 500 g/mol. The van der Waals surface area contributed by atoms with Gasteiger partial charge < -0.3 is 20.1 Å². The van der Waals surface area contributed by atoms with E-state index in [4.69, 9.17) is 4.98 Å². The van der Waals surface area contributed by atoms with Crippen molar-refractivity contribution in [2.45, 2.75) is 31.8 Å². The minimum absolute atomic E-state index is 0.0128. The Kier molecular flexibility index (Phi) is 8.52. The van der Waals surface area contributed by atoms with Crippen molar-refractivity contribution in [3.8, 4) is 10.6 Å². The first-order chi connectivity index (χ1) is 16.6. The van der Waals surface area contributed by atoms with Gasteiger partial charge >= 0.3 is 0 Å². The first-order valence-electron chi connectivity index (χ1n) is 11.1. The largest absolute Gasteiger partial charge is 0.760 e. The Labute approximate surface area is 205 Å². The number of thiazole rings is 1. The number of benzene rings is 1. The molecule has 1 unspecified atom stereocenters. The summed E-state index contributed by atoms with van der Waals surface area (Å²) in [7, 11) is 0. The molecule has 0 spiro atoms. The molecular weight excluding hydrogens is 472 g/mol. The molecule has 0 bridgehead atoms. The fraction of sp³-hybridized carbons (Fsp3) is 0.364. The maximum Gasteiger partial charge on any atom is 0.232 e. The van der Waals surface area contributed by atoms with Crippen LogP contribution in [0.3, 0.4) is 0 Å². The monoisotopic (exact) mass is 499 g/mol. The fourth-order valence-electron chi connectivity index (χ4n) is 3.68. The third kappa shape index (κ3) is 6.56. The van der Waals surface area contributed by atoms with Gasteiger partial charge in [0.2, 0.25) is 17.8 Å². The van der Waals surface area contributed by atoms with Crippen LogP contribution in [0.15, 0.2) is 48.4 Å². The lowest BCUT2D eigenvalue weighted by Gasteiger charge is -2.26. The summed E-state index contributed by atoms with van der Waals surface area (Å²) in [5.41, 5.74) is 1.98. The van der Waals surface area contributed by atoms with E-state index in [2.05, 4.69) is 36.9 Å². The summed E-state index contributed by atoms with van der Waals surface area (Å²) in [6.45, 7) is 5.93. The number of nitrogens with one attached hydrogen (secondary N) is 3. The van der Waals surface area contributed by atoms with Crippen molar-refractivity contribution in [3.63, 3.8) is 0 Å². The van der Waals surface area contributed by atoms with E-state index in [0.717, 1.165) is 42.1 Å². The fourth-order valence-corrected chi connectivity index (χ4v) is 4.84. The van der Waals surface area contributed by atoms with Crippen molar-refractivity contribution in [3.05, 3.63) is 54.1 Å². The van der Waals surface area contributed by atoms with Crippen LogP contribution in [0.1, 0.15) is 25.0 Å². The summed E-state index contributed by atoms with van der Waals surface area (Å²) in [5, 5.41) is 9.46. The highest BCUT2D eigenvalue weighted by Gasteiger charge is 2.27. The zero-order chi connectivity index (χ0) is 23.8. The molecule has 34 heavy (non-hydrogen) atoms. The molecule has 180 valence electrons. The predicted molar refractivity (Wildman–Crippen MR) is 135 cm³/mol. The normalized spacial score (nSPS) is 16.4.